The van der Waals surface area contributed by atoms with Crippen molar-refractivity contribution < 1.29 is 18.0 Å². The lowest BCUT2D eigenvalue weighted by molar-refractivity contribution is -0.142. The smallest absolute Gasteiger partial charge is 0.361 e. The summed E-state index contributed by atoms with van der Waals surface area (Å²) in [4.78, 5) is 15.1. The Labute approximate surface area is 134 Å². The highest BCUT2D eigenvalue weighted by Crippen LogP contribution is 2.23. The van der Waals surface area contributed by atoms with Crippen LogP contribution in [-0.2, 0) is 6.54 Å². The van der Waals surface area contributed by atoms with E-state index in [1.165, 1.54) is 6.92 Å². The van der Waals surface area contributed by atoms with Crippen molar-refractivity contribution in [2.24, 2.45) is 0 Å². The first-order chi connectivity index (χ1) is 11.3. The molecule has 0 saturated heterocycles. The number of hydrogen-bond donors (Lipinski definition) is 3. The third kappa shape index (κ3) is 3.50. The van der Waals surface area contributed by atoms with Crippen molar-refractivity contribution in [3.8, 4) is 0 Å². The fourth-order valence-electron chi connectivity index (χ4n) is 2.38. The zero-order valence-corrected chi connectivity index (χ0v) is 12.6. The summed E-state index contributed by atoms with van der Waals surface area (Å²) in [7, 11) is 0. The van der Waals surface area contributed by atoms with Crippen LogP contribution in [0.2, 0.25) is 0 Å². The van der Waals surface area contributed by atoms with Gasteiger partial charge in [0.05, 0.1) is 17.1 Å². The second-order valence-corrected chi connectivity index (χ2v) is 5.26. The number of hydrogen-bond acceptors (Lipinski definition) is 2. The van der Waals surface area contributed by atoms with E-state index >= 15 is 0 Å². The lowest BCUT2D eigenvalue weighted by atomic mass is 10.2. The van der Waals surface area contributed by atoms with E-state index in [1.54, 1.807) is 18.3 Å². The lowest BCUT2D eigenvalue weighted by Gasteiger charge is -2.08. The molecule has 0 aliphatic rings. The van der Waals surface area contributed by atoms with Crippen molar-refractivity contribution in [2.75, 3.05) is 10.6 Å². The molecule has 0 radical (unpaired) electrons. The van der Waals surface area contributed by atoms with Gasteiger partial charge < -0.3 is 15.6 Å². The summed E-state index contributed by atoms with van der Waals surface area (Å²) in [6.07, 6.45) is -1.47. The number of nitrogens with one attached hydrogen (secondary N) is 3. The minimum Gasteiger partial charge on any atom is -0.361 e. The predicted octanol–water partition coefficient (Wildman–Crippen LogP) is 3.88. The van der Waals surface area contributed by atoms with Gasteiger partial charge in [0.25, 0.3) is 0 Å². The van der Waals surface area contributed by atoms with E-state index in [9.17, 15) is 18.0 Å². The van der Waals surface area contributed by atoms with E-state index in [0.29, 0.717) is 11.4 Å². The first-order valence-corrected chi connectivity index (χ1v) is 7.07. The SMILES string of the molecule is Cc1nn(CC(F)(F)F)cc1NC(=O)Nc1cccc2[nH]ccc12. The van der Waals surface area contributed by atoms with Crippen molar-refractivity contribution in [2.45, 2.75) is 19.6 Å². The Morgan fingerprint density at radius 2 is 2.00 bits per heavy atom. The van der Waals surface area contributed by atoms with E-state index in [1.807, 2.05) is 12.1 Å². The fraction of sp³-hybridized carbons (Fsp3) is 0.200. The highest BCUT2D eigenvalue weighted by molar-refractivity contribution is 6.05. The van der Waals surface area contributed by atoms with Gasteiger partial charge in [-0.25, -0.2) is 4.79 Å². The van der Waals surface area contributed by atoms with Gasteiger partial charge in [-0.2, -0.15) is 18.3 Å². The molecule has 1 aromatic carbocycles. The quantitative estimate of drug-likeness (QED) is 0.678. The van der Waals surface area contributed by atoms with Crippen LogP contribution in [0.4, 0.5) is 29.3 Å². The normalized spacial score (nSPS) is 11.7. The number of aromatic amines is 1. The average Bonchev–Trinajstić information content (AvgIpc) is 3.05. The molecule has 6 nitrogen and oxygen atoms in total. The number of carbonyl (C=O) groups is 1. The molecule has 3 N–H and O–H groups in total. The van der Waals surface area contributed by atoms with E-state index < -0.39 is 18.8 Å². The van der Waals surface area contributed by atoms with Gasteiger partial charge in [0.1, 0.15) is 6.54 Å². The van der Waals surface area contributed by atoms with Gasteiger partial charge in [-0.15, -0.1) is 0 Å². The highest BCUT2D eigenvalue weighted by atomic mass is 19.4. The minimum absolute atomic E-state index is 0.220. The molecule has 0 saturated carbocycles. The number of carbonyl (C=O) groups excluding carboxylic acids is 1. The van der Waals surface area contributed by atoms with E-state index in [0.717, 1.165) is 21.8 Å². The monoisotopic (exact) mass is 337 g/mol. The third-order valence-corrected chi connectivity index (χ3v) is 3.38. The molecular formula is C15H14F3N5O. The number of rotatable bonds is 3. The Morgan fingerprint density at radius 1 is 1.25 bits per heavy atom. The second-order valence-electron chi connectivity index (χ2n) is 5.26. The number of aromatic nitrogens is 3. The van der Waals surface area contributed by atoms with Crippen LogP contribution in [0.25, 0.3) is 10.9 Å². The molecule has 0 aliphatic carbocycles. The highest BCUT2D eigenvalue weighted by Gasteiger charge is 2.28. The summed E-state index contributed by atoms with van der Waals surface area (Å²) in [5, 5.41) is 9.76. The zero-order valence-electron chi connectivity index (χ0n) is 12.6. The van der Waals surface area contributed by atoms with Crippen LogP contribution in [0.5, 0.6) is 0 Å². The number of aryl methyl sites for hydroxylation is 1. The summed E-state index contributed by atoms with van der Waals surface area (Å²) in [6, 6.07) is 6.64. The molecule has 0 aliphatic heterocycles. The topological polar surface area (TPSA) is 74.7 Å². The lowest BCUT2D eigenvalue weighted by Crippen LogP contribution is -2.20. The van der Waals surface area contributed by atoms with Gasteiger partial charge in [-0.1, -0.05) is 6.07 Å². The first-order valence-electron chi connectivity index (χ1n) is 7.07. The molecule has 2 amide bonds. The molecule has 9 heteroatoms. The average molecular weight is 337 g/mol. The van der Waals surface area contributed by atoms with Crippen LogP contribution in [0.15, 0.2) is 36.7 Å². The number of fused-ring (bicyclic) bond motifs is 1. The molecule has 24 heavy (non-hydrogen) atoms. The summed E-state index contributed by atoms with van der Waals surface area (Å²) in [5.74, 6) is 0. The van der Waals surface area contributed by atoms with Crippen LogP contribution in [0.3, 0.4) is 0 Å². The van der Waals surface area contributed by atoms with Crippen LogP contribution in [-0.4, -0.2) is 27.0 Å². The van der Waals surface area contributed by atoms with E-state index in [4.69, 9.17) is 0 Å². The van der Waals surface area contributed by atoms with E-state index in [-0.39, 0.29) is 5.69 Å². The first kappa shape index (κ1) is 15.9. The number of urea groups is 1. The van der Waals surface area contributed by atoms with Gasteiger partial charge in [0, 0.05) is 23.3 Å². The van der Waals surface area contributed by atoms with Gasteiger partial charge in [-0.05, 0) is 25.1 Å². The summed E-state index contributed by atoms with van der Waals surface area (Å²) >= 11 is 0. The van der Waals surface area contributed by atoms with Gasteiger partial charge in [-0.3, -0.25) is 4.68 Å². The van der Waals surface area contributed by atoms with Crippen LogP contribution < -0.4 is 10.6 Å². The molecule has 2 aromatic heterocycles. The van der Waals surface area contributed by atoms with Crippen molar-refractivity contribution in [1.82, 2.24) is 14.8 Å². The number of benzene rings is 1. The number of nitrogens with zero attached hydrogens (tertiary/aromatic N) is 2. The van der Waals surface area contributed by atoms with Crippen molar-refractivity contribution in [3.05, 3.63) is 42.4 Å². The molecule has 3 aromatic rings. The summed E-state index contributed by atoms with van der Waals surface area (Å²) in [5.41, 5.74) is 1.97. The Hall–Kier alpha value is -2.97. The minimum atomic E-state index is -4.37. The molecular weight excluding hydrogens is 323 g/mol. The second kappa shape index (κ2) is 5.91. The maximum absolute atomic E-state index is 12.4. The van der Waals surface area contributed by atoms with Crippen molar-refractivity contribution in [1.29, 1.82) is 0 Å². The molecule has 3 rings (SSSR count). The van der Waals surface area contributed by atoms with E-state index in [2.05, 4.69) is 20.7 Å². The Balaban J connectivity index is 1.72. The molecule has 2 heterocycles. The maximum Gasteiger partial charge on any atom is 0.408 e. The Morgan fingerprint density at radius 3 is 2.75 bits per heavy atom. The number of amides is 2. The molecule has 0 fully saturated rings. The van der Waals surface area contributed by atoms with Gasteiger partial charge in [0.15, 0.2) is 0 Å². The number of anilines is 2. The zero-order chi connectivity index (χ0) is 17.3. The molecule has 126 valence electrons. The molecule has 0 unspecified atom stereocenters. The Kier molecular flexibility index (Phi) is 3.92. The summed E-state index contributed by atoms with van der Waals surface area (Å²) < 4.78 is 37.9. The van der Waals surface area contributed by atoms with Crippen LogP contribution in [0.1, 0.15) is 5.69 Å². The number of H-pyrrole nitrogens is 1. The van der Waals surface area contributed by atoms with Gasteiger partial charge in [0.2, 0.25) is 0 Å². The van der Waals surface area contributed by atoms with Gasteiger partial charge >= 0.3 is 12.2 Å². The molecule has 0 bridgehead atoms. The fourth-order valence-corrected chi connectivity index (χ4v) is 2.38. The van der Waals surface area contributed by atoms with Crippen molar-refractivity contribution >= 4 is 28.3 Å². The molecule has 0 atom stereocenters. The van der Waals surface area contributed by atoms with Crippen molar-refractivity contribution in [3.63, 3.8) is 0 Å². The maximum atomic E-state index is 12.4. The number of alkyl halides is 3. The predicted molar refractivity (Wildman–Crippen MR) is 84.0 cm³/mol. The summed E-state index contributed by atoms with van der Waals surface area (Å²) in [6.45, 7) is 0.315. The largest absolute Gasteiger partial charge is 0.408 e. The van der Waals surface area contributed by atoms with Crippen LogP contribution in [0, 0.1) is 6.92 Å². The Bertz CT molecular complexity index is 881. The van der Waals surface area contributed by atoms with Crippen LogP contribution >= 0.6 is 0 Å². The third-order valence-electron chi connectivity index (χ3n) is 3.38. The standard InChI is InChI=1S/C15H14F3N5O/c1-9-13(7-23(22-9)8-15(16,17)18)21-14(24)20-12-4-2-3-11-10(12)5-6-19-11/h2-7,19H,8H2,1H3,(H2,20,21,24). The molecule has 0 spiro atoms. The number of halogens is 3.